The van der Waals surface area contributed by atoms with Gasteiger partial charge in [-0.3, -0.25) is 9.59 Å². The van der Waals surface area contributed by atoms with Crippen molar-refractivity contribution in [3.8, 4) is 5.75 Å². The molecule has 1 unspecified atom stereocenters. The fraction of sp³-hybridized carbons (Fsp3) is 0.680. The summed E-state index contributed by atoms with van der Waals surface area (Å²) in [6.45, 7) is 12.4. The Balaban J connectivity index is 2.99. The van der Waals surface area contributed by atoms with Gasteiger partial charge in [-0.1, -0.05) is 65.5 Å². The summed E-state index contributed by atoms with van der Waals surface area (Å²) < 4.78 is 16.5. The molecule has 0 amide bonds. The number of hydrogen-bond acceptors (Lipinski definition) is 5. The summed E-state index contributed by atoms with van der Waals surface area (Å²) in [5.41, 5.74) is -0.520. The summed E-state index contributed by atoms with van der Waals surface area (Å²) in [6.07, 6.45) is 5.97. The van der Waals surface area contributed by atoms with Gasteiger partial charge in [0.15, 0.2) is 5.41 Å². The van der Waals surface area contributed by atoms with Crippen LogP contribution in [0.15, 0.2) is 24.3 Å². The molecule has 0 saturated carbocycles. The van der Waals surface area contributed by atoms with Gasteiger partial charge in [0, 0.05) is 5.92 Å². The van der Waals surface area contributed by atoms with Crippen LogP contribution in [0.25, 0.3) is 0 Å². The lowest BCUT2D eigenvalue weighted by Gasteiger charge is -2.38. The van der Waals surface area contributed by atoms with Gasteiger partial charge in [0.05, 0.1) is 19.8 Å². The fourth-order valence-corrected chi connectivity index (χ4v) is 3.92. The number of carbonyl (C=O) groups excluding carboxylic acids is 2. The van der Waals surface area contributed by atoms with Gasteiger partial charge >= 0.3 is 11.9 Å². The molecule has 0 spiro atoms. The molecule has 170 valence electrons. The van der Waals surface area contributed by atoms with Crippen LogP contribution in [0.3, 0.4) is 0 Å². The molecule has 1 rings (SSSR count). The highest BCUT2D eigenvalue weighted by atomic mass is 16.6. The third-order valence-corrected chi connectivity index (χ3v) is 5.72. The Morgan fingerprint density at radius 3 is 1.83 bits per heavy atom. The molecule has 5 nitrogen and oxygen atoms in total. The maximum absolute atomic E-state index is 13.0. The minimum atomic E-state index is -1.40. The van der Waals surface area contributed by atoms with E-state index in [-0.39, 0.29) is 19.1 Å². The van der Waals surface area contributed by atoms with Gasteiger partial charge in [-0.15, -0.1) is 0 Å². The number of unbranched alkanes of at least 4 members (excludes halogenated alkanes) is 4. The molecule has 0 aliphatic heterocycles. The molecule has 30 heavy (non-hydrogen) atoms. The van der Waals surface area contributed by atoms with E-state index in [9.17, 15) is 9.59 Å². The van der Waals surface area contributed by atoms with Crippen molar-refractivity contribution < 1.29 is 23.8 Å². The van der Waals surface area contributed by atoms with E-state index in [4.69, 9.17) is 14.2 Å². The fourth-order valence-electron chi connectivity index (χ4n) is 3.92. The lowest BCUT2D eigenvalue weighted by atomic mass is 9.65. The third kappa shape index (κ3) is 6.48. The zero-order valence-electron chi connectivity index (χ0n) is 19.7. The van der Waals surface area contributed by atoms with E-state index >= 15 is 0 Å². The number of ether oxygens (including phenoxy) is 3. The first-order valence-electron chi connectivity index (χ1n) is 11.4. The smallest absolute Gasteiger partial charge is 0.324 e. The second-order valence-electron chi connectivity index (χ2n) is 8.02. The van der Waals surface area contributed by atoms with Gasteiger partial charge in [-0.25, -0.2) is 0 Å². The van der Waals surface area contributed by atoms with Crippen molar-refractivity contribution in [2.75, 3.05) is 19.8 Å². The number of rotatable bonds is 14. The van der Waals surface area contributed by atoms with Gasteiger partial charge in [-0.05, 0) is 43.9 Å². The molecule has 0 bridgehead atoms. The maximum atomic E-state index is 13.0. The van der Waals surface area contributed by atoms with Crippen LogP contribution < -0.4 is 4.74 Å². The third-order valence-electron chi connectivity index (χ3n) is 5.72. The van der Waals surface area contributed by atoms with E-state index in [2.05, 4.69) is 6.92 Å². The van der Waals surface area contributed by atoms with Gasteiger partial charge in [0.1, 0.15) is 5.75 Å². The van der Waals surface area contributed by atoms with Crippen LogP contribution in [-0.4, -0.2) is 31.8 Å². The number of esters is 2. The van der Waals surface area contributed by atoms with Gasteiger partial charge < -0.3 is 14.2 Å². The first-order chi connectivity index (χ1) is 14.4. The first kappa shape index (κ1) is 26.0. The Labute approximate surface area is 182 Å². The molecule has 0 aliphatic rings. The summed E-state index contributed by atoms with van der Waals surface area (Å²) in [4.78, 5) is 26.0. The van der Waals surface area contributed by atoms with Crippen molar-refractivity contribution in [1.82, 2.24) is 0 Å². The highest BCUT2D eigenvalue weighted by Gasteiger charge is 2.56. The van der Waals surface area contributed by atoms with E-state index in [0.717, 1.165) is 17.7 Å². The van der Waals surface area contributed by atoms with Crippen LogP contribution in [0.5, 0.6) is 5.75 Å². The van der Waals surface area contributed by atoms with E-state index in [1.807, 2.05) is 45.0 Å². The summed E-state index contributed by atoms with van der Waals surface area (Å²) in [7, 11) is 0. The Morgan fingerprint density at radius 1 is 0.833 bits per heavy atom. The molecule has 1 aromatic rings. The van der Waals surface area contributed by atoms with Crippen LogP contribution in [0.1, 0.15) is 85.1 Å². The highest BCUT2D eigenvalue weighted by molar-refractivity contribution is 6.01. The summed E-state index contributed by atoms with van der Waals surface area (Å²) in [6, 6.07) is 7.65. The normalized spacial score (nSPS) is 12.5. The van der Waals surface area contributed by atoms with Crippen molar-refractivity contribution in [3.63, 3.8) is 0 Å². The van der Waals surface area contributed by atoms with Crippen LogP contribution >= 0.6 is 0 Å². The molecule has 0 saturated heterocycles. The van der Waals surface area contributed by atoms with Crippen LogP contribution in [0, 0.1) is 11.3 Å². The maximum Gasteiger partial charge on any atom is 0.324 e. The number of benzene rings is 1. The van der Waals surface area contributed by atoms with E-state index in [1.54, 1.807) is 13.8 Å². The minimum absolute atomic E-state index is 0.213. The van der Waals surface area contributed by atoms with E-state index in [0.29, 0.717) is 6.61 Å². The zero-order chi connectivity index (χ0) is 22.6. The number of hydrogen-bond donors (Lipinski definition) is 0. The average Bonchev–Trinajstić information content (AvgIpc) is 2.71. The van der Waals surface area contributed by atoms with Gasteiger partial charge in [0.2, 0.25) is 0 Å². The average molecular weight is 421 g/mol. The molecule has 0 fully saturated rings. The predicted molar refractivity (Wildman–Crippen MR) is 120 cm³/mol. The monoisotopic (exact) mass is 420 g/mol. The molecule has 1 aromatic carbocycles. The first-order valence-corrected chi connectivity index (χ1v) is 11.4. The van der Waals surface area contributed by atoms with Gasteiger partial charge in [-0.2, -0.15) is 0 Å². The minimum Gasteiger partial charge on any atom is -0.494 e. The second-order valence-corrected chi connectivity index (χ2v) is 8.02. The summed E-state index contributed by atoms with van der Waals surface area (Å²) in [5, 5.41) is 0. The Hall–Kier alpha value is -2.04. The molecular formula is C25H40O5. The molecular weight excluding hydrogens is 380 g/mol. The largest absolute Gasteiger partial charge is 0.494 e. The molecule has 0 aromatic heterocycles. The van der Waals surface area contributed by atoms with Crippen molar-refractivity contribution in [2.45, 2.75) is 79.6 Å². The summed E-state index contributed by atoms with van der Waals surface area (Å²) >= 11 is 0. The van der Waals surface area contributed by atoms with Crippen molar-refractivity contribution in [3.05, 3.63) is 29.8 Å². The molecule has 1 atom stereocenters. The van der Waals surface area contributed by atoms with Crippen LogP contribution in [-0.2, 0) is 19.1 Å². The lowest BCUT2D eigenvalue weighted by molar-refractivity contribution is -0.178. The Kier molecular flexibility index (Phi) is 11.5. The van der Waals surface area contributed by atoms with Crippen molar-refractivity contribution in [2.24, 2.45) is 11.3 Å². The molecule has 5 heteroatoms. The lowest BCUT2D eigenvalue weighted by Crippen LogP contribution is -2.50. The van der Waals surface area contributed by atoms with Crippen molar-refractivity contribution >= 4 is 11.9 Å². The number of carbonyl (C=O) groups is 2. The van der Waals surface area contributed by atoms with Crippen LogP contribution in [0.2, 0.25) is 0 Å². The zero-order valence-corrected chi connectivity index (χ0v) is 19.7. The van der Waals surface area contributed by atoms with E-state index < -0.39 is 23.3 Å². The summed E-state index contributed by atoms with van der Waals surface area (Å²) in [5.74, 6) is -0.955. The Morgan fingerprint density at radius 2 is 1.37 bits per heavy atom. The van der Waals surface area contributed by atoms with Gasteiger partial charge in [0.25, 0.3) is 0 Å². The molecule has 0 aliphatic carbocycles. The predicted octanol–water partition coefficient (Wildman–Crippen LogP) is 5.91. The molecule has 0 heterocycles. The molecule has 0 N–H and O–H groups in total. The van der Waals surface area contributed by atoms with Crippen LogP contribution in [0.4, 0.5) is 0 Å². The standard InChI is InChI=1S/C25H40O5/c1-7-10-11-12-13-18-30-22-16-14-21(15-17-22)20(6)25(19(4)5,23(26)28-8-2)24(27)29-9-3/h14-17,19-20H,7-13,18H2,1-6H3. The van der Waals surface area contributed by atoms with Crippen molar-refractivity contribution in [1.29, 1.82) is 0 Å². The quantitative estimate of drug-likeness (QED) is 0.213. The Bertz CT molecular complexity index is 617. The molecule has 0 radical (unpaired) electrons. The highest BCUT2D eigenvalue weighted by Crippen LogP contribution is 2.45. The SMILES string of the molecule is CCCCCCCOc1ccc(C(C)C(C(=O)OCC)(C(=O)OCC)C(C)C)cc1. The second kappa shape index (κ2) is 13.3. The topological polar surface area (TPSA) is 61.8 Å². The van der Waals surface area contributed by atoms with E-state index in [1.165, 1.54) is 25.7 Å².